The van der Waals surface area contributed by atoms with Crippen molar-refractivity contribution in [3.63, 3.8) is 0 Å². The van der Waals surface area contributed by atoms with E-state index < -0.39 is 11.6 Å². The van der Waals surface area contributed by atoms with E-state index in [1.807, 2.05) is 13.8 Å². The van der Waals surface area contributed by atoms with Crippen molar-refractivity contribution >= 4 is 0 Å². The molecule has 0 aliphatic heterocycles. The van der Waals surface area contributed by atoms with Crippen LogP contribution in [-0.2, 0) is 20.1 Å². The van der Waals surface area contributed by atoms with Gasteiger partial charge in [0.25, 0.3) is 0 Å². The summed E-state index contributed by atoms with van der Waals surface area (Å²) in [7, 11) is 0. The van der Waals surface area contributed by atoms with Crippen LogP contribution in [0.5, 0.6) is 0 Å². The van der Waals surface area contributed by atoms with Gasteiger partial charge in [-0.05, 0) is 31.4 Å². The quantitative estimate of drug-likeness (QED) is 0.351. The third-order valence-electron chi connectivity index (χ3n) is 3.64. The van der Waals surface area contributed by atoms with Gasteiger partial charge in [-0.15, -0.1) is 12.1 Å². The van der Waals surface area contributed by atoms with Crippen molar-refractivity contribution in [3.05, 3.63) is 84.2 Å². The molecule has 8 heteroatoms. The number of benzene rings is 1. The molecule has 0 saturated heterocycles. The molecule has 3 heterocycles. The number of nitrogens with zero attached hydrogens (tertiary/aromatic N) is 5. The number of hydrogen-bond acceptors (Lipinski definition) is 4. The minimum absolute atomic E-state index is 0. The van der Waals surface area contributed by atoms with Crippen molar-refractivity contribution in [1.82, 2.24) is 24.9 Å². The minimum atomic E-state index is -0.649. The molecule has 0 saturated carbocycles. The van der Waals surface area contributed by atoms with Crippen molar-refractivity contribution in [2.24, 2.45) is 0 Å². The molecule has 4 aromatic rings. The Morgan fingerprint density at radius 2 is 1.79 bits per heavy atom. The Morgan fingerprint density at radius 1 is 1.00 bits per heavy atom. The monoisotopic (exact) mass is 556 g/mol. The van der Waals surface area contributed by atoms with Gasteiger partial charge in [0, 0.05) is 50.3 Å². The first kappa shape index (κ1) is 21.5. The molecule has 5 nitrogen and oxygen atoms in total. The van der Waals surface area contributed by atoms with Crippen LogP contribution in [-0.4, -0.2) is 19.9 Å². The number of halogens is 2. The molecule has 28 heavy (non-hydrogen) atoms. The number of imidazole rings is 1. The van der Waals surface area contributed by atoms with Gasteiger partial charge < -0.3 is 15.0 Å². The van der Waals surface area contributed by atoms with Crippen LogP contribution in [0.15, 0.2) is 55.1 Å². The number of hydrogen-bond donors (Lipinski definition) is 0. The van der Waals surface area contributed by atoms with Crippen LogP contribution >= 0.6 is 0 Å². The molecule has 0 bridgehead atoms. The van der Waals surface area contributed by atoms with Crippen molar-refractivity contribution in [1.29, 1.82) is 0 Å². The Kier molecular flexibility index (Phi) is 7.60. The maximum atomic E-state index is 13.2. The second-order valence-electron chi connectivity index (χ2n) is 5.56. The topological polar surface area (TPSA) is 65.7 Å². The van der Waals surface area contributed by atoms with E-state index in [0.29, 0.717) is 11.5 Å². The van der Waals surface area contributed by atoms with Gasteiger partial charge in [0.15, 0.2) is 0 Å². The standard InChI is InChI=1S/C11H6F2N.C9H9N4.Ir/c12-8-4-5-9(10(13)7-8)11-3-1-2-6-14-11;1-6-7(2)13-9(12-6)8-5-10-3-4-11-8;/h1-4,6-7H;3-5H,1-2H3;/q2*-1;. The summed E-state index contributed by atoms with van der Waals surface area (Å²) in [4.78, 5) is 20.6. The zero-order valence-corrected chi connectivity index (χ0v) is 17.4. The van der Waals surface area contributed by atoms with Crippen LogP contribution in [0.2, 0.25) is 0 Å². The van der Waals surface area contributed by atoms with Gasteiger partial charge in [0.1, 0.15) is 0 Å². The molecule has 145 valence electrons. The summed E-state index contributed by atoms with van der Waals surface area (Å²) in [5, 5.41) is 0. The first-order valence-corrected chi connectivity index (χ1v) is 8.07. The molecule has 0 aliphatic rings. The summed E-state index contributed by atoms with van der Waals surface area (Å²) in [6.07, 6.45) is 6.47. The molecule has 0 aliphatic carbocycles. The number of aromatic nitrogens is 5. The number of aryl methyl sites for hydroxylation is 2. The Bertz CT molecular complexity index is 1000. The molecule has 0 amide bonds. The van der Waals surface area contributed by atoms with E-state index in [1.165, 1.54) is 0 Å². The predicted octanol–water partition coefficient (Wildman–Crippen LogP) is 3.94. The molecular weight excluding hydrogens is 540 g/mol. The van der Waals surface area contributed by atoms with Gasteiger partial charge in [-0.25, -0.2) is 0 Å². The van der Waals surface area contributed by atoms with Gasteiger partial charge >= 0.3 is 0 Å². The smallest absolute Gasteiger partial charge is 0.0803 e. The zero-order valence-electron chi connectivity index (χ0n) is 15.0. The van der Waals surface area contributed by atoms with E-state index in [4.69, 9.17) is 0 Å². The van der Waals surface area contributed by atoms with Crippen LogP contribution in [0.25, 0.3) is 22.8 Å². The third-order valence-corrected chi connectivity index (χ3v) is 3.64. The van der Waals surface area contributed by atoms with Gasteiger partial charge in [0.2, 0.25) is 0 Å². The zero-order chi connectivity index (χ0) is 19.2. The average Bonchev–Trinajstić information content (AvgIpc) is 3.02. The summed E-state index contributed by atoms with van der Waals surface area (Å²) < 4.78 is 25.8. The Labute approximate surface area is 174 Å². The third kappa shape index (κ3) is 5.34. The summed E-state index contributed by atoms with van der Waals surface area (Å²) in [5.41, 5.74) is 3.25. The van der Waals surface area contributed by atoms with E-state index in [1.54, 1.807) is 43.0 Å². The summed E-state index contributed by atoms with van der Waals surface area (Å²) in [6, 6.07) is 9.53. The van der Waals surface area contributed by atoms with Crippen LogP contribution < -0.4 is 4.98 Å². The maximum Gasteiger partial charge on any atom is 0.0803 e. The fraction of sp³-hybridized carbons (Fsp3) is 0.100. The molecule has 1 radical (unpaired) electrons. The number of pyridine rings is 1. The van der Waals surface area contributed by atoms with Crippen LogP contribution in [0.1, 0.15) is 11.4 Å². The van der Waals surface area contributed by atoms with E-state index in [-0.39, 0.29) is 25.7 Å². The fourth-order valence-corrected chi connectivity index (χ4v) is 2.19. The van der Waals surface area contributed by atoms with Gasteiger partial charge in [-0.2, -0.15) is 0 Å². The fourth-order valence-electron chi connectivity index (χ4n) is 2.19. The van der Waals surface area contributed by atoms with Gasteiger partial charge in [-0.3, -0.25) is 18.7 Å². The molecule has 1 aromatic carbocycles. The van der Waals surface area contributed by atoms with E-state index in [0.717, 1.165) is 29.2 Å². The van der Waals surface area contributed by atoms with Crippen LogP contribution in [0.3, 0.4) is 0 Å². The minimum Gasteiger partial charge on any atom is -0.438 e. The average molecular weight is 556 g/mol. The molecular formula is C20H15F2IrN5-2. The summed E-state index contributed by atoms with van der Waals surface area (Å²) in [5.74, 6) is -0.631. The van der Waals surface area contributed by atoms with Crippen molar-refractivity contribution in [3.8, 4) is 22.8 Å². The van der Waals surface area contributed by atoms with Crippen molar-refractivity contribution in [2.45, 2.75) is 13.8 Å². The largest absolute Gasteiger partial charge is 0.438 e. The molecule has 0 spiro atoms. The first-order valence-electron chi connectivity index (χ1n) is 8.07. The molecule has 3 aromatic heterocycles. The second-order valence-corrected chi connectivity index (χ2v) is 5.56. The van der Waals surface area contributed by atoms with Crippen LogP contribution in [0, 0.1) is 31.5 Å². The molecule has 0 unspecified atom stereocenters. The Hall–Kier alpha value is -2.83. The van der Waals surface area contributed by atoms with E-state index in [2.05, 4.69) is 31.0 Å². The normalized spacial score (nSPS) is 9.86. The second kappa shape index (κ2) is 9.92. The SMILES string of the molecule is Cc1nc(-c2cnccn2)[n-]c1C.Fc1c[c-]c(-c2ccccn2)c(F)c1.[Ir]. The molecule has 4 rings (SSSR count). The van der Waals surface area contributed by atoms with Gasteiger partial charge in [-0.1, -0.05) is 35.2 Å². The first-order chi connectivity index (χ1) is 13.0. The van der Waals surface area contributed by atoms with Crippen molar-refractivity contribution in [2.75, 3.05) is 0 Å². The maximum absolute atomic E-state index is 13.2. The predicted molar refractivity (Wildman–Crippen MR) is 96.5 cm³/mol. The van der Waals surface area contributed by atoms with Crippen LogP contribution in [0.4, 0.5) is 8.78 Å². The number of rotatable bonds is 2. The molecule has 0 fully saturated rings. The summed E-state index contributed by atoms with van der Waals surface area (Å²) >= 11 is 0. The van der Waals surface area contributed by atoms with E-state index >= 15 is 0 Å². The Morgan fingerprint density at radius 3 is 2.36 bits per heavy atom. The molecule has 0 atom stereocenters. The summed E-state index contributed by atoms with van der Waals surface area (Å²) in [6.45, 7) is 3.87. The molecule has 0 N–H and O–H groups in total. The van der Waals surface area contributed by atoms with Crippen molar-refractivity contribution < 1.29 is 28.9 Å². The van der Waals surface area contributed by atoms with E-state index in [9.17, 15) is 8.78 Å². The Balaban J connectivity index is 0.000000194. The van der Waals surface area contributed by atoms with Gasteiger partial charge in [0.05, 0.1) is 11.9 Å².